The van der Waals surface area contributed by atoms with E-state index in [-0.39, 0.29) is 22.7 Å². The third-order valence-corrected chi connectivity index (χ3v) is 4.84. The van der Waals surface area contributed by atoms with Crippen molar-refractivity contribution in [1.82, 2.24) is 9.71 Å². The summed E-state index contributed by atoms with van der Waals surface area (Å²) in [5.41, 5.74) is 7.38. The first-order valence-electron chi connectivity index (χ1n) is 5.79. The van der Waals surface area contributed by atoms with Gasteiger partial charge in [-0.15, -0.1) is 11.3 Å². The predicted octanol–water partition coefficient (Wildman–Crippen LogP) is 0.990. The van der Waals surface area contributed by atoms with Crippen LogP contribution < -0.4 is 10.5 Å². The molecule has 7 nitrogen and oxygen atoms in total. The second-order valence-electron chi connectivity index (χ2n) is 4.04. The average Bonchev–Trinajstić information content (AvgIpc) is 2.98. The first-order chi connectivity index (χ1) is 9.94. The van der Waals surface area contributed by atoms with Gasteiger partial charge >= 0.3 is 5.97 Å². The zero-order valence-corrected chi connectivity index (χ0v) is 12.7. The topological polar surface area (TPSA) is 111 Å². The van der Waals surface area contributed by atoms with Crippen LogP contribution in [0.25, 0.3) is 0 Å². The Hall–Kier alpha value is -1.97. The van der Waals surface area contributed by atoms with Gasteiger partial charge in [0.15, 0.2) is 0 Å². The minimum absolute atomic E-state index is 0.0662. The molecule has 2 rings (SSSR count). The van der Waals surface area contributed by atoms with Crippen LogP contribution >= 0.6 is 11.3 Å². The molecule has 0 unspecified atom stereocenters. The number of benzene rings is 1. The molecule has 0 spiro atoms. The lowest BCUT2D eigenvalue weighted by Gasteiger charge is -2.10. The molecule has 0 bridgehead atoms. The minimum Gasteiger partial charge on any atom is -0.465 e. The summed E-state index contributed by atoms with van der Waals surface area (Å²) in [4.78, 5) is 16.1. The molecule has 0 atom stereocenters. The highest BCUT2D eigenvalue weighted by atomic mass is 32.2. The number of carbonyl (C=O) groups excluding carboxylic acids is 1. The number of ether oxygens (including phenoxy) is 1. The second-order valence-corrected chi connectivity index (χ2v) is 6.75. The van der Waals surface area contributed by atoms with Crippen molar-refractivity contribution in [2.45, 2.75) is 11.4 Å². The Morgan fingerprint density at radius 1 is 1.48 bits per heavy atom. The molecule has 1 aromatic heterocycles. The van der Waals surface area contributed by atoms with E-state index < -0.39 is 16.0 Å². The first-order valence-corrected chi connectivity index (χ1v) is 8.15. The van der Waals surface area contributed by atoms with Crippen LogP contribution in [0.2, 0.25) is 0 Å². The molecule has 0 aliphatic carbocycles. The summed E-state index contributed by atoms with van der Waals surface area (Å²) < 4.78 is 31.6. The molecule has 0 saturated heterocycles. The fraction of sp³-hybridized carbons (Fsp3) is 0.167. The molecule has 1 aromatic carbocycles. The molecule has 0 amide bonds. The summed E-state index contributed by atoms with van der Waals surface area (Å²) in [6, 6.07) is 3.98. The number of nitrogens with two attached hydrogens (primary N) is 1. The van der Waals surface area contributed by atoms with Crippen molar-refractivity contribution in [1.29, 1.82) is 0 Å². The average molecular weight is 327 g/mol. The minimum atomic E-state index is -3.90. The summed E-state index contributed by atoms with van der Waals surface area (Å²) in [6.07, 6.45) is 1.56. The highest BCUT2D eigenvalue weighted by Gasteiger charge is 2.23. The number of esters is 1. The van der Waals surface area contributed by atoms with Crippen LogP contribution in [0.4, 0.5) is 5.69 Å². The van der Waals surface area contributed by atoms with Crippen molar-refractivity contribution >= 4 is 33.0 Å². The number of hydrogen-bond donors (Lipinski definition) is 2. The number of hydrogen-bond acceptors (Lipinski definition) is 7. The van der Waals surface area contributed by atoms with Gasteiger partial charge in [0.2, 0.25) is 10.0 Å². The number of nitrogens with one attached hydrogen (secondary N) is 1. The van der Waals surface area contributed by atoms with E-state index in [1.807, 2.05) is 0 Å². The Labute approximate surface area is 125 Å². The smallest absolute Gasteiger partial charge is 0.339 e. The fourth-order valence-electron chi connectivity index (χ4n) is 1.61. The maximum absolute atomic E-state index is 12.3. The van der Waals surface area contributed by atoms with E-state index >= 15 is 0 Å². The summed E-state index contributed by atoms with van der Waals surface area (Å²) in [7, 11) is -2.72. The highest BCUT2D eigenvalue weighted by Crippen LogP contribution is 2.20. The molecule has 0 saturated carbocycles. The molecular formula is C12H13N3O4S2. The normalized spacial score (nSPS) is 11.3. The Morgan fingerprint density at radius 2 is 2.24 bits per heavy atom. The quantitative estimate of drug-likeness (QED) is 0.626. The van der Waals surface area contributed by atoms with E-state index in [1.54, 1.807) is 11.7 Å². The number of sulfonamides is 1. The Morgan fingerprint density at radius 3 is 2.86 bits per heavy atom. The first kappa shape index (κ1) is 15.4. The molecule has 112 valence electrons. The molecule has 3 N–H and O–H groups in total. The third kappa shape index (κ3) is 3.57. The lowest BCUT2D eigenvalue weighted by atomic mass is 10.2. The number of methoxy groups -OCH3 is 1. The summed E-state index contributed by atoms with van der Waals surface area (Å²) in [5, 5.41) is 0. The molecule has 0 aliphatic heterocycles. The summed E-state index contributed by atoms with van der Waals surface area (Å²) in [6.45, 7) is 0.0857. The van der Waals surface area contributed by atoms with Crippen molar-refractivity contribution in [3.05, 3.63) is 40.3 Å². The molecule has 2 aromatic rings. The van der Waals surface area contributed by atoms with Crippen molar-refractivity contribution < 1.29 is 17.9 Å². The molecular weight excluding hydrogens is 314 g/mol. The van der Waals surface area contributed by atoms with Gasteiger partial charge in [-0.1, -0.05) is 0 Å². The zero-order valence-electron chi connectivity index (χ0n) is 11.1. The lowest BCUT2D eigenvalue weighted by molar-refractivity contribution is 0.0596. The third-order valence-electron chi connectivity index (χ3n) is 2.62. The van der Waals surface area contributed by atoms with Crippen molar-refractivity contribution in [3.8, 4) is 0 Å². The maximum Gasteiger partial charge on any atom is 0.339 e. The largest absolute Gasteiger partial charge is 0.465 e. The Kier molecular flexibility index (Phi) is 4.56. The van der Waals surface area contributed by atoms with Crippen LogP contribution in [0, 0.1) is 0 Å². The van der Waals surface area contributed by atoms with E-state index in [1.165, 1.54) is 36.6 Å². The molecule has 0 fully saturated rings. The van der Waals surface area contributed by atoms with Crippen LogP contribution in [-0.4, -0.2) is 26.5 Å². The molecule has 21 heavy (non-hydrogen) atoms. The van der Waals surface area contributed by atoms with Crippen LogP contribution in [0.3, 0.4) is 0 Å². The van der Waals surface area contributed by atoms with Gasteiger partial charge in [0.25, 0.3) is 0 Å². The summed E-state index contributed by atoms with van der Waals surface area (Å²) in [5.74, 6) is -0.742. The van der Waals surface area contributed by atoms with Gasteiger partial charge in [-0.05, 0) is 18.2 Å². The monoisotopic (exact) mass is 327 g/mol. The maximum atomic E-state index is 12.3. The predicted molar refractivity (Wildman–Crippen MR) is 78.3 cm³/mol. The number of nitrogen functional groups attached to an aromatic ring is 1. The molecule has 9 heteroatoms. The van der Waals surface area contributed by atoms with Gasteiger partial charge in [-0.2, -0.15) is 0 Å². The number of carbonyl (C=O) groups is 1. The van der Waals surface area contributed by atoms with Gasteiger partial charge in [0, 0.05) is 23.3 Å². The van der Waals surface area contributed by atoms with Crippen molar-refractivity contribution in [3.63, 3.8) is 0 Å². The Balaban J connectivity index is 2.34. The Bertz CT molecular complexity index is 742. The molecule has 1 heterocycles. The molecule has 0 radical (unpaired) electrons. The number of nitrogens with zero attached hydrogens (tertiary/aromatic N) is 1. The number of anilines is 1. The number of aromatic nitrogens is 1. The SMILES string of the molecule is COC(=O)c1ccc(N)cc1S(=O)(=O)NCc1cncs1. The number of thiazole rings is 1. The lowest BCUT2D eigenvalue weighted by Crippen LogP contribution is -2.25. The zero-order chi connectivity index (χ0) is 15.5. The van der Waals surface area contributed by atoms with E-state index in [0.717, 1.165) is 4.88 Å². The van der Waals surface area contributed by atoms with Crippen LogP contribution in [0.5, 0.6) is 0 Å². The van der Waals surface area contributed by atoms with Gasteiger partial charge < -0.3 is 10.5 Å². The van der Waals surface area contributed by atoms with Gasteiger partial charge in [-0.3, -0.25) is 4.98 Å². The van der Waals surface area contributed by atoms with E-state index in [4.69, 9.17) is 5.73 Å². The van der Waals surface area contributed by atoms with Crippen LogP contribution in [0.1, 0.15) is 15.2 Å². The van der Waals surface area contributed by atoms with Gasteiger partial charge in [-0.25, -0.2) is 17.9 Å². The van der Waals surface area contributed by atoms with Crippen molar-refractivity contribution in [2.75, 3.05) is 12.8 Å². The summed E-state index contributed by atoms with van der Waals surface area (Å²) >= 11 is 1.32. The van der Waals surface area contributed by atoms with E-state index in [0.29, 0.717) is 0 Å². The van der Waals surface area contributed by atoms with Gasteiger partial charge in [0.1, 0.15) is 0 Å². The van der Waals surface area contributed by atoms with Gasteiger partial charge in [0.05, 0.1) is 23.1 Å². The standard InChI is InChI=1S/C12H13N3O4S2/c1-19-12(16)10-3-2-8(13)4-11(10)21(17,18)15-6-9-5-14-7-20-9/h2-5,7,15H,6,13H2,1H3. The van der Waals surface area contributed by atoms with E-state index in [9.17, 15) is 13.2 Å². The fourth-order valence-corrected chi connectivity index (χ4v) is 3.47. The van der Waals surface area contributed by atoms with Crippen LogP contribution in [-0.2, 0) is 21.3 Å². The van der Waals surface area contributed by atoms with Crippen molar-refractivity contribution in [2.24, 2.45) is 0 Å². The van der Waals surface area contributed by atoms with E-state index in [2.05, 4.69) is 14.4 Å². The second kappa shape index (κ2) is 6.20. The highest BCUT2D eigenvalue weighted by molar-refractivity contribution is 7.89. The molecule has 0 aliphatic rings. The van der Waals surface area contributed by atoms with Crippen LogP contribution in [0.15, 0.2) is 34.8 Å². The number of rotatable bonds is 5.